The largest absolute Gasteiger partial charge is 0.396 e. The Bertz CT molecular complexity index is 587. The van der Waals surface area contributed by atoms with Gasteiger partial charge in [0.25, 0.3) is 0 Å². The molecule has 18 heavy (non-hydrogen) atoms. The molecule has 0 saturated heterocycles. The van der Waals surface area contributed by atoms with Crippen LogP contribution in [-0.4, -0.2) is 21.7 Å². The predicted octanol–water partition coefficient (Wildman–Crippen LogP) is 0.608. The molecule has 0 spiro atoms. The van der Waals surface area contributed by atoms with E-state index in [1.807, 2.05) is 17.0 Å². The van der Waals surface area contributed by atoms with Crippen LogP contribution in [0.5, 0.6) is 0 Å². The van der Waals surface area contributed by atoms with E-state index >= 15 is 0 Å². The highest BCUT2D eigenvalue weighted by atomic mass is 32.1. The molecule has 0 saturated carbocycles. The Morgan fingerprint density at radius 1 is 1.56 bits per heavy atom. The number of aryl methyl sites for hydroxylation is 1. The monoisotopic (exact) mass is 266 g/mol. The van der Waals surface area contributed by atoms with E-state index in [-0.39, 0.29) is 6.61 Å². The number of aromatic nitrogens is 3. The molecule has 0 aliphatic rings. The zero-order valence-electron chi connectivity index (χ0n) is 11.4. The lowest BCUT2D eigenvalue weighted by molar-refractivity contribution is -0.689. The van der Waals surface area contributed by atoms with Crippen LogP contribution in [0.15, 0.2) is 11.7 Å². The summed E-state index contributed by atoms with van der Waals surface area (Å²) in [6.45, 7) is 3.15. The lowest BCUT2D eigenvalue weighted by Crippen LogP contribution is -2.35. The number of nitrogens with two attached hydrogens (primary N) is 1. The van der Waals surface area contributed by atoms with Gasteiger partial charge < -0.3 is 10.8 Å². The first kappa shape index (κ1) is 11.6. The fraction of sp³-hybridized carbons (Fsp3) is 0.417. The van der Waals surface area contributed by atoms with Gasteiger partial charge in [0.1, 0.15) is 13.0 Å². The van der Waals surface area contributed by atoms with Gasteiger partial charge in [0.05, 0.1) is 10.4 Å². The summed E-state index contributed by atoms with van der Waals surface area (Å²) in [6.07, 6.45) is 2.21. The van der Waals surface area contributed by atoms with E-state index < -0.39 is 6.52 Å². The van der Waals surface area contributed by atoms with Crippen molar-refractivity contribution in [3.05, 3.63) is 33.7 Å². The lowest BCUT2D eigenvalue weighted by Gasteiger charge is -2.01. The Balaban J connectivity index is 2.36. The predicted molar refractivity (Wildman–Crippen MR) is 70.3 cm³/mol. The molecule has 6 heteroatoms. The third-order valence-corrected chi connectivity index (χ3v) is 3.80. The van der Waals surface area contributed by atoms with Gasteiger partial charge in [-0.05, 0) is 6.92 Å². The van der Waals surface area contributed by atoms with Crippen molar-refractivity contribution in [3.8, 4) is 0 Å². The zero-order valence-corrected chi connectivity index (χ0v) is 11.2. The Kier molecular flexibility index (Phi) is 3.47. The number of rotatable bonds is 4. The van der Waals surface area contributed by atoms with Crippen LogP contribution in [0.25, 0.3) is 0 Å². The third kappa shape index (κ3) is 2.65. The van der Waals surface area contributed by atoms with Gasteiger partial charge in [0, 0.05) is 26.1 Å². The topological polar surface area (TPSA) is 75.9 Å². The molecule has 5 nitrogen and oxygen atoms in total. The van der Waals surface area contributed by atoms with Crippen molar-refractivity contribution < 1.29 is 11.0 Å². The molecule has 0 radical (unpaired) electrons. The third-order valence-electron chi connectivity index (χ3n) is 2.68. The van der Waals surface area contributed by atoms with Crippen molar-refractivity contribution in [3.63, 3.8) is 0 Å². The van der Waals surface area contributed by atoms with Crippen molar-refractivity contribution >= 4 is 17.2 Å². The minimum absolute atomic E-state index is 0.111. The van der Waals surface area contributed by atoms with Gasteiger partial charge in [0.15, 0.2) is 12.2 Å². The highest BCUT2D eigenvalue weighted by molar-refractivity contribution is 7.09. The maximum absolute atomic E-state index is 8.99. The van der Waals surface area contributed by atoms with E-state index in [0.29, 0.717) is 23.6 Å². The van der Waals surface area contributed by atoms with Crippen molar-refractivity contribution in [1.29, 1.82) is 0 Å². The summed E-state index contributed by atoms with van der Waals surface area (Å²) in [5.41, 5.74) is 9.29. The molecule has 0 aromatic carbocycles. The van der Waals surface area contributed by atoms with Crippen LogP contribution in [0.1, 0.15) is 23.3 Å². The maximum Gasteiger partial charge on any atom is 0.225 e. The quantitative estimate of drug-likeness (QED) is 0.795. The molecule has 0 amide bonds. The average molecular weight is 266 g/mol. The first-order chi connectivity index (χ1) is 9.04. The average Bonchev–Trinajstić information content (AvgIpc) is 2.71. The molecule has 0 fully saturated rings. The van der Waals surface area contributed by atoms with Crippen LogP contribution < -0.4 is 10.3 Å². The highest BCUT2D eigenvalue weighted by Crippen LogP contribution is 2.13. The minimum atomic E-state index is -0.663. The number of aliphatic hydroxyl groups is 1. The van der Waals surface area contributed by atoms with E-state index in [9.17, 15) is 0 Å². The number of thiazole rings is 1. The van der Waals surface area contributed by atoms with Gasteiger partial charge in [-0.1, -0.05) is 11.3 Å². The van der Waals surface area contributed by atoms with Crippen molar-refractivity contribution in [2.75, 3.05) is 12.3 Å². The van der Waals surface area contributed by atoms with E-state index in [1.165, 1.54) is 11.3 Å². The van der Waals surface area contributed by atoms with Crippen LogP contribution >= 0.6 is 11.3 Å². The van der Waals surface area contributed by atoms with Crippen LogP contribution in [0.3, 0.4) is 0 Å². The molecular weight excluding hydrogens is 248 g/mol. The molecule has 2 rings (SSSR count). The molecule has 1 atom stereocenters. The van der Waals surface area contributed by atoms with Crippen LogP contribution in [0.2, 0.25) is 0 Å². The zero-order chi connectivity index (χ0) is 14.0. The number of aliphatic hydroxyl groups excluding tert-OH is 1. The fourth-order valence-electron chi connectivity index (χ4n) is 1.64. The van der Waals surface area contributed by atoms with Gasteiger partial charge in [-0.2, -0.15) is 4.57 Å². The number of hydrogen-bond acceptors (Lipinski definition) is 5. The number of nitrogens with zero attached hydrogens (tertiary/aromatic N) is 3. The molecule has 2 heterocycles. The van der Waals surface area contributed by atoms with Crippen LogP contribution in [0.4, 0.5) is 5.82 Å². The molecule has 0 aliphatic heterocycles. The summed E-state index contributed by atoms with van der Waals surface area (Å²) in [5.74, 6) is 0.941. The number of nitrogen functional groups attached to an aromatic ring is 1. The summed E-state index contributed by atoms with van der Waals surface area (Å²) >= 11 is 1.53. The van der Waals surface area contributed by atoms with Crippen LogP contribution in [-0.2, 0) is 12.9 Å². The Labute approximate surface area is 111 Å². The van der Waals surface area contributed by atoms with E-state index in [2.05, 4.69) is 9.97 Å². The Morgan fingerprint density at radius 2 is 2.33 bits per heavy atom. The molecule has 2 aromatic heterocycles. The van der Waals surface area contributed by atoms with E-state index in [4.69, 9.17) is 12.2 Å². The summed E-state index contributed by atoms with van der Waals surface area (Å²) in [4.78, 5) is 9.26. The molecule has 0 unspecified atom stereocenters. The highest BCUT2D eigenvalue weighted by Gasteiger charge is 2.16. The fourth-order valence-corrected chi connectivity index (χ4v) is 2.59. The first-order valence-electron chi connectivity index (χ1n) is 6.22. The molecule has 0 aliphatic carbocycles. The number of hydrogen-bond donors (Lipinski definition) is 2. The second-order valence-electron chi connectivity index (χ2n) is 4.00. The second-order valence-corrected chi connectivity index (χ2v) is 4.94. The Morgan fingerprint density at radius 3 is 3.00 bits per heavy atom. The molecule has 0 bridgehead atoms. The normalized spacial score (nSPS) is 13.4. The summed E-state index contributed by atoms with van der Waals surface area (Å²) in [5, 5.41) is 8.99. The maximum atomic E-state index is 8.99. The minimum Gasteiger partial charge on any atom is -0.396 e. The summed E-state index contributed by atoms with van der Waals surface area (Å²) in [7, 11) is 0. The second kappa shape index (κ2) is 5.41. The molecular formula is C12H17N4OS+. The smallest absolute Gasteiger partial charge is 0.225 e. The van der Waals surface area contributed by atoms with Crippen molar-refractivity contribution in [1.82, 2.24) is 9.97 Å². The van der Waals surface area contributed by atoms with Gasteiger partial charge >= 0.3 is 0 Å². The van der Waals surface area contributed by atoms with Crippen molar-refractivity contribution in [2.45, 2.75) is 26.8 Å². The lowest BCUT2D eigenvalue weighted by atomic mass is 10.2. The van der Waals surface area contributed by atoms with Gasteiger partial charge in [-0.25, -0.2) is 9.97 Å². The van der Waals surface area contributed by atoms with Crippen LogP contribution in [0, 0.1) is 13.8 Å². The first-order valence-corrected chi connectivity index (χ1v) is 6.52. The molecule has 2 aromatic rings. The number of anilines is 1. The SMILES string of the molecule is [2H][C@H](c1cnc(C)nc1N)[n+]1csc(CCO)c1C. The van der Waals surface area contributed by atoms with Gasteiger partial charge in [0.2, 0.25) is 5.51 Å². The molecule has 3 N–H and O–H groups in total. The standard InChI is InChI=1S/C12H17N4OS/c1-8-11(3-4-17)18-7-16(8)6-10-5-14-9(2)15-12(10)13/h5,7,17H,3-4,6H2,1-2H3,(H2,13,14,15)/q+1/i6D/t6-/m1/s1. The van der Waals surface area contributed by atoms with Gasteiger partial charge in [-0.15, -0.1) is 0 Å². The summed E-state index contributed by atoms with van der Waals surface area (Å²) in [6, 6.07) is 0. The van der Waals surface area contributed by atoms with Crippen molar-refractivity contribution in [2.24, 2.45) is 0 Å². The van der Waals surface area contributed by atoms with E-state index in [1.54, 1.807) is 13.1 Å². The van der Waals surface area contributed by atoms with E-state index in [0.717, 1.165) is 10.6 Å². The summed E-state index contributed by atoms with van der Waals surface area (Å²) < 4.78 is 10.1. The Hall–Kier alpha value is -1.53. The van der Waals surface area contributed by atoms with Gasteiger partial charge in [-0.3, -0.25) is 0 Å². The molecule has 96 valence electrons.